The lowest BCUT2D eigenvalue weighted by atomic mass is 10.2. The Bertz CT molecular complexity index is 412. The van der Waals surface area contributed by atoms with E-state index in [1.807, 2.05) is 0 Å². The number of aromatic hydroxyl groups is 1. The molecule has 1 saturated carbocycles. The largest absolute Gasteiger partial charge is 0.508 e. The van der Waals surface area contributed by atoms with Crippen LogP contribution in [0.25, 0.3) is 0 Å². The third-order valence-corrected chi connectivity index (χ3v) is 3.51. The Labute approximate surface area is 108 Å². The molecule has 0 bridgehead atoms. The van der Waals surface area contributed by atoms with Crippen molar-refractivity contribution in [3.8, 4) is 5.75 Å². The number of nitrogens with one attached hydrogen (secondary N) is 1. The third-order valence-electron chi connectivity index (χ3n) is 3.51. The maximum absolute atomic E-state index is 11.9. The molecule has 0 spiro atoms. The quantitative estimate of drug-likeness (QED) is 0.832. The SMILES string of the molecule is CC(CNC(=O)c1ccc(O)cc1)N(C)C1CC1. The van der Waals surface area contributed by atoms with Gasteiger partial charge in [-0.15, -0.1) is 0 Å². The van der Waals surface area contributed by atoms with Crippen LogP contribution in [0, 0.1) is 0 Å². The molecule has 1 aromatic carbocycles. The molecular weight excluding hydrogens is 228 g/mol. The fourth-order valence-electron chi connectivity index (χ4n) is 1.94. The monoisotopic (exact) mass is 248 g/mol. The average Bonchev–Trinajstić information content (AvgIpc) is 3.19. The van der Waals surface area contributed by atoms with E-state index < -0.39 is 0 Å². The van der Waals surface area contributed by atoms with Gasteiger partial charge < -0.3 is 10.4 Å². The summed E-state index contributed by atoms with van der Waals surface area (Å²) in [7, 11) is 2.11. The summed E-state index contributed by atoms with van der Waals surface area (Å²) in [4.78, 5) is 14.2. The molecule has 0 aliphatic heterocycles. The number of rotatable bonds is 5. The predicted octanol–water partition coefficient (Wildman–Crippen LogP) is 1.60. The first kappa shape index (κ1) is 12.9. The fraction of sp³-hybridized carbons (Fsp3) is 0.500. The van der Waals surface area contributed by atoms with Crippen LogP contribution in [0.5, 0.6) is 5.75 Å². The van der Waals surface area contributed by atoms with Gasteiger partial charge in [0, 0.05) is 24.2 Å². The lowest BCUT2D eigenvalue weighted by molar-refractivity contribution is 0.0939. The van der Waals surface area contributed by atoms with Crippen molar-refractivity contribution in [1.29, 1.82) is 0 Å². The number of hydrogen-bond donors (Lipinski definition) is 2. The van der Waals surface area contributed by atoms with E-state index in [1.54, 1.807) is 12.1 Å². The zero-order valence-corrected chi connectivity index (χ0v) is 10.9. The second kappa shape index (κ2) is 5.40. The van der Waals surface area contributed by atoms with Crippen molar-refractivity contribution in [2.45, 2.75) is 31.8 Å². The molecule has 1 aromatic rings. The molecule has 0 saturated heterocycles. The molecule has 18 heavy (non-hydrogen) atoms. The van der Waals surface area contributed by atoms with Crippen LogP contribution < -0.4 is 5.32 Å². The molecule has 1 unspecified atom stereocenters. The zero-order valence-electron chi connectivity index (χ0n) is 10.9. The van der Waals surface area contributed by atoms with E-state index in [1.165, 1.54) is 25.0 Å². The number of hydrogen-bond acceptors (Lipinski definition) is 3. The first-order valence-corrected chi connectivity index (χ1v) is 6.37. The molecule has 1 fully saturated rings. The molecule has 1 aliphatic carbocycles. The minimum Gasteiger partial charge on any atom is -0.508 e. The number of likely N-dealkylation sites (N-methyl/N-ethyl adjacent to an activating group) is 1. The smallest absolute Gasteiger partial charge is 0.251 e. The molecule has 2 rings (SSSR count). The Morgan fingerprint density at radius 2 is 2.06 bits per heavy atom. The third kappa shape index (κ3) is 3.23. The summed E-state index contributed by atoms with van der Waals surface area (Å²) < 4.78 is 0. The Kier molecular flexibility index (Phi) is 3.87. The molecular formula is C14H20N2O2. The number of nitrogens with zero attached hydrogens (tertiary/aromatic N) is 1. The summed E-state index contributed by atoms with van der Waals surface area (Å²) in [5.41, 5.74) is 0.578. The van der Waals surface area contributed by atoms with Gasteiger partial charge >= 0.3 is 0 Å². The van der Waals surface area contributed by atoms with Crippen molar-refractivity contribution in [3.63, 3.8) is 0 Å². The molecule has 1 aliphatic rings. The van der Waals surface area contributed by atoms with Crippen molar-refractivity contribution in [1.82, 2.24) is 10.2 Å². The number of amides is 1. The van der Waals surface area contributed by atoms with E-state index in [-0.39, 0.29) is 11.7 Å². The standard InChI is InChI=1S/C14H20N2O2/c1-10(16(2)12-5-6-12)9-15-14(18)11-3-7-13(17)8-4-11/h3-4,7-8,10,12,17H,5-6,9H2,1-2H3,(H,15,18). The highest BCUT2D eigenvalue weighted by Crippen LogP contribution is 2.26. The van der Waals surface area contributed by atoms with Crippen molar-refractivity contribution in [2.24, 2.45) is 0 Å². The lowest BCUT2D eigenvalue weighted by Crippen LogP contribution is -2.41. The van der Waals surface area contributed by atoms with Gasteiger partial charge in [0.05, 0.1) is 0 Å². The number of phenolic OH excluding ortho intramolecular Hbond substituents is 1. The van der Waals surface area contributed by atoms with E-state index in [2.05, 4.69) is 24.2 Å². The molecule has 2 N–H and O–H groups in total. The summed E-state index contributed by atoms with van der Waals surface area (Å²) in [6.45, 7) is 2.77. The minimum atomic E-state index is -0.0916. The molecule has 1 amide bonds. The molecule has 4 nitrogen and oxygen atoms in total. The lowest BCUT2D eigenvalue weighted by Gasteiger charge is -2.24. The Hall–Kier alpha value is -1.55. The summed E-state index contributed by atoms with van der Waals surface area (Å²) in [6.07, 6.45) is 2.54. The van der Waals surface area contributed by atoms with Crippen LogP contribution in [0.4, 0.5) is 0 Å². The van der Waals surface area contributed by atoms with Gasteiger partial charge in [0.25, 0.3) is 5.91 Å². The summed E-state index contributed by atoms with van der Waals surface area (Å²) in [5.74, 6) is 0.0828. The number of phenols is 1. The van der Waals surface area contributed by atoms with Crippen molar-refractivity contribution >= 4 is 5.91 Å². The van der Waals surface area contributed by atoms with Crippen LogP contribution in [0.2, 0.25) is 0 Å². The highest BCUT2D eigenvalue weighted by molar-refractivity contribution is 5.94. The van der Waals surface area contributed by atoms with Crippen LogP contribution in [-0.2, 0) is 0 Å². The van der Waals surface area contributed by atoms with Gasteiger partial charge in [0.1, 0.15) is 5.75 Å². The maximum Gasteiger partial charge on any atom is 0.251 e. The first-order chi connectivity index (χ1) is 8.58. The maximum atomic E-state index is 11.9. The van der Waals surface area contributed by atoms with Crippen LogP contribution in [0.3, 0.4) is 0 Å². The fourth-order valence-corrected chi connectivity index (χ4v) is 1.94. The highest BCUT2D eigenvalue weighted by Gasteiger charge is 2.29. The van der Waals surface area contributed by atoms with E-state index in [4.69, 9.17) is 5.11 Å². The van der Waals surface area contributed by atoms with Crippen molar-refractivity contribution in [2.75, 3.05) is 13.6 Å². The molecule has 0 aromatic heterocycles. The van der Waals surface area contributed by atoms with Gasteiger partial charge in [0.15, 0.2) is 0 Å². The first-order valence-electron chi connectivity index (χ1n) is 6.37. The van der Waals surface area contributed by atoms with Crippen LogP contribution in [-0.4, -0.2) is 41.6 Å². The Morgan fingerprint density at radius 3 is 2.61 bits per heavy atom. The topological polar surface area (TPSA) is 52.6 Å². The molecule has 98 valence electrons. The summed E-state index contributed by atoms with van der Waals surface area (Å²) in [6, 6.07) is 7.34. The van der Waals surface area contributed by atoms with Crippen LogP contribution in [0.1, 0.15) is 30.1 Å². The van der Waals surface area contributed by atoms with Crippen LogP contribution >= 0.6 is 0 Å². The van der Waals surface area contributed by atoms with Gasteiger partial charge in [-0.25, -0.2) is 0 Å². The van der Waals surface area contributed by atoms with Gasteiger partial charge in [-0.05, 0) is 51.1 Å². The normalized spacial score (nSPS) is 16.6. The number of carbonyl (C=O) groups is 1. The minimum absolute atomic E-state index is 0.0916. The van der Waals surface area contributed by atoms with E-state index in [0.29, 0.717) is 24.2 Å². The van der Waals surface area contributed by atoms with Crippen LogP contribution in [0.15, 0.2) is 24.3 Å². The molecule has 1 atom stereocenters. The Morgan fingerprint density at radius 1 is 1.44 bits per heavy atom. The van der Waals surface area contributed by atoms with Gasteiger partial charge in [-0.1, -0.05) is 0 Å². The summed E-state index contributed by atoms with van der Waals surface area (Å²) >= 11 is 0. The highest BCUT2D eigenvalue weighted by atomic mass is 16.3. The molecule has 4 heteroatoms. The predicted molar refractivity (Wildman–Crippen MR) is 70.7 cm³/mol. The second-order valence-corrected chi connectivity index (χ2v) is 5.00. The average molecular weight is 248 g/mol. The van der Waals surface area contributed by atoms with Gasteiger partial charge in [-0.2, -0.15) is 0 Å². The number of carbonyl (C=O) groups excluding carboxylic acids is 1. The van der Waals surface area contributed by atoms with E-state index in [0.717, 1.165) is 0 Å². The molecule has 0 heterocycles. The van der Waals surface area contributed by atoms with Gasteiger partial charge in [0.2, 0.25) is 0 Å². The van der Waals surface area contributed by atoms with Gasteiger partial charge in [-0.3, -0.25) is 9.69 Å². The number of benzene rings is 1. The van der Waals surface area contributed by atoms with Crippen molar-refractivity contribution < 1.29 is 9.90 Å². The second-order valence-electron chi connectivity index (χ2n) is 5.00. The Balaban J connectivity index is 1.82. The van der Waals surface area contributed by atoms with E-state index in [9.17, 15) is 4.79 Å². The van der Waals surface area contributed by atoms with Crippen molar-refractivity contribution in [3.05, 3.63) is 29.8 Å². The summed E-state index contributed by atoms with van der Waals surface area (Å²) in [5, 5.41) is 12.1. The molecule has 0 radical (unpaired) electrons. The zero-order chi connectivity index (χ0) is 13.1. The van der Waals surface area contributed by atoms with E-state index >= 15 is 0 Å².